The van der Waals surface area contributed by atoms with E-state index in [0.29, 0.717) is 31.0 Å². The average molecular weight is 405 g/mol. The van der Waals surface area contributed by atoms with Crippen molar-refractivity contribution >= 4 is 17.0 Å². The minimum Gasteiger partial charge on any atom is -0.478 e. The number of benzene rings is 1. The monoisotopic (exact) mass is 405 g/mol. The number of aromatic carboxylic acids is 1. The summed E-state index contributed by atoms with van der Waals surface area (Å²) in [5.74, 6) is -0.164. The molecule has 0 saturated heterocycles. The fourth-order valence-electron chi connectivity index (χ4n) is 3.46. The van der Waals surface area contributed by atoms with Crippen LogP contribution in [0.3, 0.4) is 0 Å². The molecule has 1 aromatic carbocycles. The van der Waals surface area contributed by atoms with E-state index in [1.165, 1.54) is 0 Å². The molecule has 0 bridgehead atoms. The lowest BCUT2D eigenvalue weighted by Crippen LogP contribution is -2.18. The van der Waals surface area contributed by atoms with Gasteiger partial charge in [-0.1, -0.05) is 6.07 Å². The van der Waals surface area contributed by atoms with Gasteiger partial charge in [-0.25, -0.2) is 9.78 Å². The van der Waals surface area contributed by atoms with Gasteiger partial charge in [0.2, 0.25) is 0 Å². The number of carboxylic acid groups (broad SMARTS) is 1. The van der Waals surface area contributed by atoms with Crippen molar-refractivity contribution in [2.75, 3.05) is 0 Å². The van der Waals surface area contributed by atoms with E-state index in [1.807, 2.05) is 10.9 Å². The summed E-state index contributed by atoms with van der Waals surface area (Å²) in [4.78, 5) is 20.1. The Morgan fingerprint density at radius 2 is 2.00 bits per heavy atom. The molecule has 4 aromatic rings. The van der Waals surface area contributed by atoms with Crippen LogP contribution in [0.4, 0.5) is 0 Å². The minimum absolute atomic E-state index is 0.239. The Bertz CT molecular complexity index is 1200. The molecule has 0 spiro atoms. The zero-order valence-corrected chi connectivity index (χ0v) is 16.9. The molecule has 0 unspecified atom stereocenters. The Hall–Kier alpha value is -3.59. The van der Waals surface area contributed by atoms with Crippen LogP contribution in [0, 0.1) is 6.92 Å². The maximum atomic E-state index is 11.2. The summed E-state index contributed by atoms with van der Waals surface area (Å²) in [6.45, 7) is 6.35. The van der Waals surface area contributed by atoms with Gasteiger partial charge in [-0.05, 0) is 43.7 Å². The van der Waals surface area contributed by atoms with Gasteiger partial charge < -0.3 is 19.6 Å². The number of carbonyl (C=O) groups is 1. The number of hydrogen-bond acceptors (Lipinski definition) is 6. The van der Waals surface area contributed by atoms with E-state index in [-0.39, 0.29) is 5.56 Å². The van der Waals surface area contributed by atoms with Crippen LogP contribution in [0.15, 0.2) is 43.0 Å². The Morgan fingerprint density at radius 1 is 1.13 bits per heavy atom. The molecule has 3 heterocycles. The van der Waals surface area contributed by atoms with Crippen LogP contribution in [0.1, 0.15) is 40.1 Å². The molecule has 0 radical (unpaired) electrons. The number of nitrogens with one attached hydrogen (secondary N) is 1. The molecule has 0 atom stereocenters. The fourth-order valence-corrected chi connectivity index (χ4v) is 3.46. The standard InChI is InChI=1S/C21H23N7O2/c1-3-27-12-23-18-7-15(4-5-19(18)27)11-28-13-24-26-20(28)10-22-9-17-8-16(21(29)30)6-14(2)25-17/h4-8,12-13,22H,3,9-11H2,1-2H3,(H,29,30). The molecule has 154 valence electrons. The smallest absolute Gasteiger partial charge is 0.335 e. The number of hydrogen-bond donors (Lipinski definition) is 2. The minimum atomic E-state index is -0.956. The number of pyridine rings is 1. The van der Waals surface area contributed by atoms with Crippen LogP contribution in [-0.2, 0) is 26.2 Å². The van der Waals surface area contributed by atoms with E-state index in [0.717, 1.165) is 29.0 Å². The SMILES string of the molecule is CCn1cnc2cc(Cn3cnnc3CNCc3cc(C(=O)O)cc(C)n3)ccc21. The van der Waals surface area contributed by atoms with Gasteiger partial charge in [-0.2, -0.15) is 0 Å². The van der Waals surface area contributed by atoms with Gasteiger partial charge in [-0.3, -0.25) is 4.98 Å². The second-order valence-corrected chi connectivity index (χ2v) is 7.13. The summed E-state index contributed by atoms with van der Waals surface area (Å²) >= 11 is 0. The van der Waals surface area contributed by atoms with Gasteiger partial charge in [0.25, 0.3) is 0 Å². The van der Waals surface area contributed by atoms with Gasteiger partial charge in [0.1, 0.15) is 12.2 Å². The number of fused-ring (bicyclic) bond motifs is 1. The highest BCUT2D eigenvalue weighted by Gasteiger charge is 2.09. The first-order chi connectivity index (χ1) is 14.5. The molecule has 0 amide bonds. The van der Waals surface area contributed by atoms with Crippen LogP contribution >= 0.6 is 0 Å². The lowest BCUT2D eigenvalue weighted by atomic mass is 10.2. The largest absolute Gasteiger partial charge is 0.478 e. The Balaban J connectivity index is 1.42. The molecule has 9 heteroatoms. The molecule has 0 aliphatic carbocycles. The number of carboxylic acids is 1. The second kappa shape index (κ2) is 8.42. The number of imidazole rings is 1. The third-order valence-electron chi connectivity index (χ3n) is 4.92. The van der Waals surface area contributed by atoms with Crippen molar-refractivity contribution in [1.29, 1.82) is 0 Å². The van der Waals surface area contributed by atoms with Crippen LogP contribution in [0.5, 0.6) is 0 Å². The predicted molar refractivity (Wildman–Crippen MR) is 111 cm³/mol. The van der Waals surface area contributed by atoms with Gasteiger partial charge in [0.05, 0.1) is 41.7 Å². The van der Waals surface area contributed by atoms with E-state index < -0.39 is 5.97 Å². The molecule has 0 fully saturated rings. The molecular weight excluding hydrogens is 382 g/mol. The third-order valence-corrected chi connectivity index (χ3v) is 4.92. The first-order valence-corrected chi connectivity index (χ1v) is 9.75. The van der Waals surface area contributed by atoms with Crippen LogP contribution in [-0.4, -0.2) is 40.4 Å². The van der Waals surface area contributed by atoms with E-state index in [4.69, 9.17) is 0 Å². The summed E-state index contributed by atoms with van der Waals surface area (Å²) in [5.41, 5.74) is 4.81. The van der Waals surface area contributed by atoms with E-state index in [9.17, 15) is 9.90 Å². The summed E-state index contributed by atoms with van der Waals surface area (Å²) in [6.07, 6.45) is 3.57. The number of nitrogens with zero attached hydrogens (tertiary/aromatic N) is 6. The second-order valence-electron chi connectivity index (χ2n) is 7.13. The molecule has 4 rings (SSSR count). The summed E-state index contributed by atoms with van der Waals surface area (Å²) in [5, 5.41) is 20.7. The van der Waals surface area contributed by atoms with Crippen molar-refractivity contribution in [2.45, 2.75) is 40.0 Å². The van der Waals surface area contributed by atoms with Crippen molar-refractivity contribution in [2.24, 2.45) is 0 Å². The van der Waals surface area contributed by atoms with Crippen molar-refractivity contribution in [3.8, 4) is 0 Å². The average Bonchev–Trinajstić information content (AvgIpc) is 3.34. The lowest BCUT2D eigenvalue weighted by Gasteiger charge is -2.09. The molecule has 2 N–H and O–H groups in total. The van der Waals surface area contributed by atoms with Crippen LogP contribution < -0.4 is 5.32 Å². The van der Waals surface area contributed by atoms with Gasteiger partial charge in [0.15, 0.2) is 0 Å². The lowest BCUT2D eigenvalue weighted by molar-refractivity contribution is 0.0696. The van der Waals surface area contributed by atoms with Gasteiger partial charge in [-0.15, -0.1) is 10.2 Å². The quantitative estimate of drug-likeness (QED) is 0.463. The van der Waals surface area contributed by atoms with Crippen molar-refractivity contribution in [1.82, 2.24) is 34.6 Å². The van der Waals surface area contributed by atoms with Gasteiger partial charge in [0, 0.05) is 18.8 Å². The zero-order chi connectivity index (χ0) is 21.1. The highest BCUT2D eigenvalue weighted by Crippen LogP contribution is 2.16. The number of aryl methyl sites for hydroxylation is 2. The third kappa shape index (κ3) is 4.20. The molecule has 9 nitrogen and oxygen atoms in total. The summed E-state index contributed by atoms with van der Waals surface area (Å²) in [6, 6.07) is 9.41. The van der Waals surface area contributed by atoms with Crippen molar-refractivity contribution < 1.29 is 9.90 Å². The summed E-state index contributed by atoms with van der Waals surface area (Å²) < 4.78 is 4.10. The molecule has 0 aliphatic rings. The maximum absolute atomic E-state index is 11.2. The molecule has 30 heavy (non-hydrogen) atoms. The van der Waals surface area contributed by atoms with E-state index in [1.54, 1.807) is 25.4 Å². The van der Waals surface area contributed by atoms with E-state index >= 15 is 0 Å². The Labute approximate surface area is 173 Å². The highest BCUT2D eigenvalue weighted by atomic mass is 16.4. The first-order valence-electron chi connectivity index (χ1n) is 9.75. The fraction of sp³-hybridized carbons (Fsp3) is 0.286. The first kappa shape index (κ1) is 19.7. The number of rotatable bonds is 8. The topological polar surface area (TPSA) is 111 Å². The summed E-state index contributed by atoms with van der Waals surface area (Å²) in [7, 11) is 0. The maximum Gasteiger partial charge on any atom is 0.335 e. The highest BCUT2D eigenvalue weighted by molar-refractivity contribution is 5.87. The number of aromatic nitrogens is 6. The Morgan fingerprint density at radius 3 is 2.80 bits per heavy atom. The predicted octanol–water partition coefficient (Wildman–Crippen LogP) is 2.39. The van der Waals surface area contributed by atoms with Crippen LogP contribution in [0.25, 0.3) is 11.0 Å². The zero-order valence-electron chi connectivity index (χ0n) is 16.9. The molecular formula is C21H23N7O2. The Kier molecular flexibility index (Phi) is 5.53. The molecule has 3 aromatic heterocycles. The van der Waals surface area contributed by atoms with Crippen molar-refractivity contribution in [3.63, 3.8) is 0 Å². The van der Waals surface area contributed by atoms with E-state index in [2.05, 4.69) is 55.2 Å². The molecule has 0 aliphatic heterocycles. The molecule has 0 saturated carbocycles. The van der Waals surface area contributed by atoms with Crippen LogP contribution in [0.2, 0.25) is 0 Å². The van der Waals surface area contributed by atoms with Crippen molar-refractivity contribution in [3.05, 3.63) is 71.3 Å². The normalized spacial score (nSPS) is 11.3. The van der Waals surface area contributed by atoms with Gasteiger partial charge >= 0.3 is 5.97 Å².